The fourth-order valence-electron chi connectivity index (χ4n) is 3.18. The first kappa shape index (κ1) is 17.5. The summed E-state index contributed by atoms with van der Waals surface area (Å²) >= 11 is 6.13. The summed E-state index contributed by atoms with van der Waals surface area (Å²) in [5, 5.41) is 4.04. The van der Waals surface area contributed by atoms with Crippen LogP contribution in [0.5, 0.6) is 0 Å². The van der Waals surface area contributed by atoms with E-state index in [9.17, 15) is 4.79 Å². The van der Waals surface area contributed by atoms with Gasteiger partial charge in [0.25, 0.3) is 5.91 Å². The van der Waals surface area contributed by atoms with Gasteiger partial charge in [-0.3, -0.25) is 9.69 Å². The van der Waals surface area contributed by atoms with Crippen LogP contribution >= 0.6 is 24.0 Å². The molecule has 1 N–H and O–H groups in total. The highest BCUT2D eigenvalue weighted by molar-refractivity contribution is 6.31. The third kappa shape index (κ3) is 3.74. The third-order valence-corrected chi connectivity index (χ3v) is 4.94. The Bertz CT molecular complexity index is 532. The van der Waals surface area contributed by atoms with Crippen molar-refractivity contribution < 1.29 is 4.79 Å². The Morgan fingerprint density at radius 1 is 1.27 bits per heavy atom. The van der Waals surface area contributed by atoms with E-state index in [4.69, 9.17) is 11.6 Å². The van der Waals surface area contributed by atoms with Crippen LogP contribution < -0.4 is 5.32 Å². The lowest BCUT2D eigenvalue weighted by Gasteiger charge is -2.32. The van der Waals surface area contributed by atoms with E-state index in [1.54, 1.807) is 6.07 Å². The van der Waals surface area contributed by atoms with E-state index in [0.29, 0.717) is 16.6 Å². The molecule has 2 saturated heterocycles. The normalized spacial score (nSPS) is 22.5. The Hall–Kier alpha value is -0.810. The topological polar surface area (TPSA) is 35.6 Å². The number of hydrogen-bond acceptors (Lipinski definition) is 3. The predicted molar refractivity (Wildman–Crippen MR) is 92.2 cm³/mol. The average molecular weight is 344 g/mol. The number of rotatable bonds is 2. The molecule has 6 heteroatoms. The van der Waals surface area contributed by atoms with Gasteiger partial charge in [-0.15, -0.1) is 12.4 Å². The van der Waals surface area contributed by atoms with Gasteiger partial charge in [0.2, 0.25) is 0 Å². The largest absolute Gasteiger partial charge is 0.337 e. The van der Waals surface area contributed by atoms with Crippen molar-refractivity contribution in [1.29, 1.82) is 0 Å². The molecule has 0 bridgehead atoms. The number of nitrogens with zero attached hydrogens (tertiary/aromatic N) is 2. The first-order chi connectivity index (χ1) is 10.1. The zero-order valence-corrected chi connectivity index (χ0v) is 14.4. The highest BCUT2D eigenvalue weighted by atomic mass is 35.5. The second-order valence-corrected chi connectivity index (χ2v) is 6.35. The molecule has 122 valence electrons. The van der Waals surface area contributed by atoms with Gasteiger partial charge in [0.05, 0.1) is 0 Å². The highest BCUT2D eigenvalue weighted by Gasteiger charge is 2.31. The fourth-order valence-corrected chi connectivity index (χ4v) is 3.36. The van der Waals surface area contributed by atoms with Crippen molar-refractivity contribution in [2.45, 2.75) is 19.4 Å². The number of carbonyl (C=O) groups is 1. The molecular weight excluding hydrogens is 321 g/mol. The zero-order chi connectivity index (χ0) is 14.8. The molecule has 0 saturated carbocycles. The Labute approximate surface area is 143 Å². The molecule has 1 amide bonds. The monoisotopic (exact) mass is 343 g/mol. The molecule has 1 aromatic rings. The molecular formula is C16H23Cl2N3O. The van der Waals surface area contributed by atoms with Crippen LogP contribution in [-0.4, -0.2) is 61.0 Å². The van der Waals surface area contributed by atoms with Crippen LogP contribution in [0, 0.1) is 6.92 Å². The number of nitrogens with one attached hydrogen (secondary N) is 1. The highest BCUT2D eigenvalue weighted by Crippen LogP contribution is 2.21. The molecule has 1 aromatic carbocycles. The van der Waals surface area contributed by atoms with Gasteiger partial charge in [-0.1, -0.05) is 17.7 Å². The van der Waals surface area contributed by atoms with Gasteiger partial charge in [0.15, 0.2) is 0 Å². The molecule has 22 heavy (non-hydrogen) atoms. The first-order valence-electron chi connectivity index (χ1n) is 7.65. The van der Waals surface area contributed by atoms with E-state index < -0.39 is 0 Å². The van der Waals surface area contributed by atoms with Crippen molar-refractivity contribution >= 4 is 29.9 Å². The summed E-state index contributed by atoms with van der Waals surface area (Å²) in [6.45, 7) is 7.91. The van der Waals surface area contributed by atoms with Crippen molar-refractivity contribution in [3.63, 3.8) is 0 Å². The molecule has 1 atom stereocenters. The summed E-state index contributed by atoms with van der Waals surface area (Å²) < 4.78 is 0. The van der Waals surface area contributed by atoms with Gasteiger partial charge in [0, 0.05) is 55.9 Å². The summed E-state index contributed by atoms with van der Waals surface area (Å²) in [6.07, 6.45) is 1.07. The summed E-state index contributed by atoms with van der Waals surface area (Å²) in [6, 6.07) is 6.09. The number of amides is 1. The predicted octanol–water partition coefficient (Wildman–Crippen LogP) is 2.19. The number of piperazine rings is 1. The molecule has 0 radical (unpaired) electrons. The quantitative estimate of drug-likeness (QED) is 0.893. The van der Waals surface area contributed by atoms with Crippen molar-refractivity contribution in [2.75, 3.05) is 39.3 Å². The average Bonchev–Trinajstić information content (AvgIpc) is 3.00. The minimum atomic E-state index is 0. The molecule has 0 aromatic heterocycles. The molecule has 2 heterocycles. The van der Waals surface area contributed by atoms with Crippen molar-refractivity contribution in [1.82, 2.24) is 15.1 Å². The first-order valence-corrected chi connectivity index (χ1v) is 8.03. The second-order valence-electron chi connectivity index (χ2n) is 5.94. The fraction of sp³-hybridized carbons (Fsp3) is 0.562. The van der Waals surface area contributed by atoms with Crippen LogP contribution in [0.3, 0.4) is 0 Å². The second kappa shape index (κ2) is 7.64. The summed E-state index contributed by atoms with van der Waals surface area (Å²) in [5.74, 6) is 0.106. The smallest absolute Gasteiger partial charge is 0.253 e. The number of carbonyl (C=O) groups excluding carboxylic acids is 1. The maximum atomic E-state index is 12.6. The lowest BCUT2D eigenvalue weighted by atomic mass is 10.1. The van der Waals surface area contributed by atoms with E-state index in [-0.39, 0.29) is 18.3 Å². The molecule has 0 aliphatic carbocycles. The number of hydrogen-bond donors (Lipinski definition) is 1. The van der Waals surface area contributed by atoms with Crippen molar-refractivity contribution in [2.24, 2.45) is 0 Å². The molecule has 1 unspecified atom stereocenters. The van der Waals surface area contributed by atoms with Gasteiger partial charge >= 0.3 is 0 Å². The van der Waals surface area contributed by atoms with Gasteiger partial charge in [-0.2, -0.15) is 0 Å². The maximum absolute atomic E-state index is 12.6. The van der Waals surface area contributed by atoms with Gasteiger partial charge in [0.1, 0.15) is 0 Å². The molecule has 2 aliphatic rings. The SMILES string of the molecule is Cc1ccc(C(=O)N2CCC(N3CCNCC3)C2)cc1Cl.Cl. The van der Waals surface area contributed by atoms with E-state index in [1.807, 2.05) is 24.0 Å². The summed E-state index contributed by atoms with van der Waals surface area (Å²) in [5.41, 5.74) is 1.71. The number of benzene rings is 1. The lowest BCUT2D eigenvalue weighted by molar-refractivity contribution is 0.0773. The Balaban J connectivity index is 0.00000176. The van der Waals surface area contributed by atoms with Crippen LogP contribution in [0.1, 0.15) is 22.3 Å². The number of halogens is 2. The molecule has 2 aliphatic heterocycles. The van der Waals surface area contributed by atoms with E-state index >= 15 is 0 Å². The third-order valence-electron chi connectivity index (χ3n) is 4.54. The Morgan fingerprint density at radius 2 is 2.00 bits per heavy atom. The summed E-state index contributed by atoms with van der Waals surface area (Å²) in [4.78, 5) is 17.0. The van der Waals surface area contributed by atoms with Crippen LogP contribution in [-0.2, 0) is 0 Å². The number of likely N-dealkylation sites (tertiary alicyclic amines) is 1. The van der Waals surface area contributed by atoms with Crippen LogP contribution in [0.4, 0.5) is 0 Å². The van der Waals surface area contributed by atoms with Crippen LogP contribution in [0.25, 0.3) is 0 Å². The van der Waals surface area contributed by atoms with Crippen LogP contribution in [0.2, 0.25) is 5.02 Å². The minimum Gasteiger partial charge on any atom is -0.337 e. The van der Waals surface area contributed by atoms with Gasteiger partial charge in [-0.05, 0) is 31.0 Å². The van der Waals surface area contributed by atoms with E-state index in [2.05, 4.69) is 10.2 Å². The standard InChI is InChI=1S/C16H22ClN3O.ClH/c1-12-2-3-13(10-15(12)17)16(21)20-7-4-14(11-20)19-8-5-18-6-9-19;/h2-3,10,14,18H,4-9,11H2,1H3;1H. The molecule has 2 fully saturated rings. The lowest BCUT2D eigenvalue weighted by Crippen LogP contribution is -2.49. The minimum absolute atomic E-state index is 0. The van der Waals surface area contributed by atoms with Crippen molar-refractivity contribution in [3.05, 3.63) is 34.3 Å². The van der Waals surface area contributed by atoms with Crippen LogP contribution in [0.15, 0.2) is 18.2 Å². The summed E-state index contributed by atoms with van der Waals surface area (Å²) in [7, 11) is 0. The zero-order valence-electron chi connectivity index (χ0n) is 12.8. The molecule has 3 rings (SSSR count). The van der Waals surface area contributed by atoms with E-state index in [1.165, 1.54) is 0 Å². The Morgan fingerprint density at radius 3 is 2.68 bits per heavy atom. The van der Waals surface area contributed by atoms with E-state index in [0.717, 1.165) is 51.3 Å². The number of aryl methyl sites for hydroxylation is 1. The van der Waals surface area contributed by atoms with Crippen molar-refractivity contribution in [3.8, 4) is 0 Å². The maximum Gasteiger partial charge on any atom is 0.253 e. The van der Waals surface area contributed by atoms with Gasteiger partial charge < -0.3 is 10.2 Å². The molecule has 0 spiro atoms. The Kier molecular flexibility index (Phi) is 6.09. The molecule has 4 nitrogen and oxygen atoms in total. The van der Waals surface area contributed by atoms with Gasteiger partial charge in [-0.25, -0.2) is 0 Å².